The molecular weight excluding hydrogens is 1600 g/mol. The van der Waals surface area contributed by atoms with Crippen molar-refractivity contribution < 1.29 is 0 Å². The molecule has 23 rings (SSSR count). The summed E-state index contributed by atoms with van der Waals surface area (Å²) in [5.74, 6) is 0. The van der Waals surface area contributed by atoms with Gasteiger partial charge in [0.2, 0.25) is 0 Å². The van der Waals surface area contributed by atoms with Crippen LogP contribution in [0.2, 0.25) is 0 Å². The minimum atomic E-state index is 1.09. The van der Waals surface area contributed by atoms with Crippen molar-refractivity contribution in [3.05, 3.63) is 395 Å². The highest BCUT2D eigenvalue weighted by atomic mass is 15.1. The minimum Gasteiger partial charge on any atom is -0.344 e. The summed E-state index contributed by atoms with van der Waals surface area (Å²) in [4.78, 5) is 11.8. The van der Waals surface area contributed by atoms with Gasteiger partial charge in [-0.3, -0.25) is 0 Å². The van der Waals surface area contributed by atoms with Crippen molar-refractivity contribution in [3.63, 3.8) is 0 Å². The molecule has 5 heterocycles. The van der Waals surface area contributed by atoms with Crippen LogP contribution < -0.4 is 24.5 Å². The highest BCUT2D eigenvalue weighted by Crippen LogP contribution is 2.47. The Balaban J connectivity index is 0.000000177. The van der Waals surface area contributed by atoms with Crippen LogP contribution >= 0.6 is 0 Å². The first-order valence-corrected chi connectivity index (χ1v) is 50.0. The summed E-state index contributed by atoms with van der Waals surface area (Å²) in [7, 11) is 11.0. The fourth-order valence-electron chi connectivity index (χ4n) is 18.9. The third-order valence-corrected chi connectivity index (χ3v) is 24.7. The van der Waals surface area contributed by atoms with Gasteiger partial charge in [0.15, 0.2) is 0 Å². The standard InChI is InChI=1S/3C23H19N.2C19H17N.10C2H6/c1-24-22-15-13-16-6-2-4-8-19(16)21(22)14-12-18-11-10-17-7-3-5-9-20(17)23(18)24;1-24-22-13-11-16-6-4-5-9-20(16)21(22)12-10-19-14-17-7-2-3-8-18(17)15-23(19)24;1-24-22-15-19-8-3-2-7-18(19)14-20(22)13-12-17-11-10-16-6-4-5-9-21(16)23(17)24;1-20-18-9-5-3-7-15(18)10-12-17-16-8-4-2-6-14(16)11-13-19(17)20;1-20-18-9-5-4-6-14(18)10-11-17-12-15-7-2-3-8-16(15)13-19(17)20;10*1-2/h2-11,13,15H,12,14H2,1H3;2-9,11,13-15H,10,12H2,1H3;2-11,14-15H,12-13H2,1H3;2-9,11,13H,10,12H2,1H3;2-9,12-13H,10-11H2,1H3;10*1-2H3. The highest BCUT2D eigenvalue weighted by Gasteiger charge is 2.26. The molecule has 0 spiro atoms. The van der Waals surface area contributed by atoms with Crippen LogP contribution in [0.15, 0.2) is 340 Å². The Labute approximate surface area is 795 Å². The summed E-state index contributed by atoms with van der Waals surface area (Å²) in [5.41, 5.74) is 27.9. The van der Waals surface area contributed by atoms with Gasteiger partial charge in [-0.1, -0.05) is 411 Å². The largest absolute Gasteiger partial charge is 0.344 e. The second-order valence-electron chi connectivity index (χ2n) is 31.0. The van der Waals surface area contributed by atoms with Gasteiger partial charge in [-0.25, -0.2) is 0 Å². The molecule has 18 aromatic rings. The topological polar surface area (TPSA) is 16.2 Å². The molecule has 5 nitrogen and oxygen atoms in total. The zero-order chi connectivity index (χ0) is 95.3. The maximum absolute atomic E-state index is 2.40. The lowest BCUT2D eigenvalue weighted by atomic mass is 9.97. The first-order valence-electron chi connectivity index (χ1n) is 50.0. The predicted molar refractivity (Wildman–Crippen MR) is 595 cm³/mol. The number of hydrogen-bond donors (Lipinski definition) is 0. The van der Waals surface area contributed by atoms with Crippen LogP contribution in [0.4, 0.5) is 56.9 Å². The average Bonchev–Trinajstić information content (AvgIpc) is 1.62. The second kappa shape index (κ2) is 52.2. The number of fused-ring (bicyclic) bond motifs is 23. The van der Waals surface area contributed by atoms with E-state index in [-0.39, 0.29) is 0 Å². The summed E-state index contributed by atoms with van der Waals surface area (Å²) in [6.45, 7) is 40.0. The van der Waals surface area contributed by atoms with Crippen molar-refractivity contribution in [2.75, 3.05) is 59.7 Å². The first-order chi connectivity index (χ1) is 65.1. The third kappa shape index (κ3) is 22.8. The predicted octanol–water partition coefficient (Wildman–Crippen LogP) is 37.3. The molecule has 684 valence electrons. The van der Waals surface area contributed by atoms with Crippen LogP contribution in [0.25, 0.3) is 86.2 Å². The van der Waals surface area contributed by atoms with Crippen LogP contribution in [0.5, 0.6) is 0 Å². The summed E-state index contributed by atoms with van der Waals surface area (Å²) in [5, 5.41) is 21.4. The number of para-hydroxylation sites is 2. The lowest BCUT2D eigenvalue weighted by molar-refractivity contribution is 0.979. The van der Waals surface area contributed by atoms with E-state index in [1.165, 1.54) is 199 Å². The molecule has 132 heavy (non-hydrogen) atoms. The molecule has 0 saturated carbocycles. The Hall–Kier alpha value is -13.0. The Morgan fingerprint density at radius 3 is 0.667 bits per heavy atom. The number of aryl methyl sites for hydroxylation is 10. The van der Waals surface area contributed by atoms with Crippen molar-refractivity contribution >= 4 is 143 Å². The van der Waals surface area contributed by atoms with Gasteiger partial charge in [-0.2, -0.15) is 0 Å². The van der Waals surface area contributed by atoms with Gasteiger partial charge in [0.1, 0.15) is 0 Å². The van der Waals surface area contributed by atoms with E-state index in [0.29, 0.717) is 0 Å². The number of benzene rings is 18. The summed E-state index contributed by atoms with van der Waals surface area (Å²) < 4.78 is 0. The molecule has 0 amide bonds. The number of rotatable bonds is 0. The van der Waals surface area contributed by atoms with E-state index in [1.54, 1.807) is 0 Å². The maximum atomic E-state index is 2.40. The van der Waals surface area contributed by atoms with Crippen molar-refractivity contribution in [3.8, 4) is 0 Å². The second-order valence-corrected chi connectivity index (χ2v) is 31.0. The van der Waals surface area contributed by atoms with Gasteiger partial charge in [-0.15, -0.1) is 0 Å². The molecule has 5 aliphatic rings. The van der Waals surface area contributed by atoms with E-state index in [2.05, 4.69) is 399 Å². The molecule has 0 aromatic heterocycles. The minimum absolute atomic E-state index is 1.09. The lowest BCUT2D eigenvalue weighted by Gasteiger charge is -2.24. The van der Waals surface area contributed by atoms with E-state index in [4.69, 9.17) is 0 Å². The fourth-order valence-corrected chi connectivity index (χ4v) is 18.9. The Bertz CT molecular complexity index is 6580. The molecule has 0 fully saturated rings. The molecular formula is C127H151N5. The van der Waals surface area contributed by atoms with E-state index in [9.17, 15) is 0 Å². The van der Waals surface area contributed by atoms with E-state index < -0.39 is 0 Å². The van der Waals surface area contributed by atoms with Crippen LogP contribution in [0.3, 0.4) is 0 Å². The highest BCUT2D eigenvalue weighted by molar-refractivity contribution is 6.03. The van der Waals surface area contributed by atoms with Gasteiger partial charge >= 0.3 is 0 Å². The quantitative estimate of drug-likeness (QED) is 0.150. The molecule has 0 aliphatic carbocycles. The zero-order valence-electron chi connectivity index (χ0n) is 84.6. The first kappa shape index (κ1) is 103. The van der Waals surface area contributed by atoms with Crippen molar-refractivity contribution in [2.24, 2.45) is 0 Å². The number of anilines is 10. The van der Waals surface area contributed by atoms with E-state index in [0.717, 1.165) is 64.2 Å². The number of nitrogens with zero attached hydrogens (tertiary/aromatic N) is 5. The normalized spacial score (nSPS) is 12.1. The molecule has 0 atom stereocenters. The van der Waals surface area contributed by atoms with Gasteiger partial charge in [-0.05, 0) is 262 Å². The van der Waals surface area contributed by atoms with Crippen molar-refractivity contribution in [1.29, 1.82) is 0 Å². The summed E-state index contributed by atoms with van der Waals surface area (Å²) in [6, 6.07) is 124. The molecule has 5 heteroatoms. The number of hydrogen-bond acceptors (Lipinski definition) is 5. The maximum Gasteiger partial charge on any atom is 0.0520 e. The van der Waals surface area contributed by atoms with Gasteiger partial charge in [0, 0.05) is 91.5 Å². The fraction of sp³-hybridized carbons (Fsp3) is 0.276. The Morgan fingerprint density at radius 2 is 0.333 bits per heavy atom. The van der Waals surface area contributed by atoms with E-state index >= 15 is 0 Å². The molecule has 0 N–H and O–H groups in total. The molecule has 0 unspecified atom stereocenters. The summed E-state index contributed by atoms with van der Waals surface area (Å²) >= 11 is 0. The third-order valence-electron chi connectivity index (χ3n) is 24.7. The SMILES string of the molecule is CC.CC.CC.CC.CC.CC.CC.CC.CC.CC.CN1c2cc3ccccc3cc2CCc2c1ccc1ccccc21.CN1c2cc3ccccc3cc2CCc2ccc3ccccc3c21.CN1c2ccc3ccccc3c2CCc2ccc3ccccc3c21.CN1c2ccccc2CCc2c1ccc1ccccc21.CN1c2ccccc2CCc2cc3ccccc3cc21. The monoisotopic (exact) mass is 1750 g/mol. The Morgan fingerprint density at radius 1 is 0.136 bits per heavy atom. The molecule has 5 aliphatic heterocycles. The lowest BCUT2D eigenvalue weighted by Crippen LogP contribution is -2.11. The van der Waals surface area contributed by atoms with Crippen LogP contribution in [-0.2, 0) is 64.2 Å². The Kier molecular flexibility index (Phi) is 40.6. The van der Waals surface area contributed by atoms with Crippen molar-refractivity contribution in [1.82, 2.24) is 0 Å². The average molecular weight is 1750 g/mol. The molecule has 0 saturated heterocycles. The molecule has 0 bridgehead atoms. The summed E-state index contributed by atoms with van der Waals surface area (Å²) in [6.07, 6.45) is 11.0. The van der Waals surface area contributed by atoms with Crippen molar-refractivity contribution in [2.45, 2.75) is 203 Å². The van der Waals surface area contributed by atoms with Gasteiger partial charge < -0.3 is 24.5 Å². The zero-order valence-corrected chi connectivity index (χ0v) is 84.6. The smallest absolute Gasteiger partial charge is 0.0520 e. The molecule has 18 aromatic carbocycles. The van der Waals surface area contributed by atoms with Gasteiger partial charge in [0.05, 0.1) is 11.4 Å². The molecule has 0 radical (unpaired) electrons. The van der Waals surface area contributed by atoms with Crippen LogP contribution in [0, 0.1) is 0 Å². The van der Waals surface area contributed by atoms with Crippen LogP contribution in [-0.4, -0.2) is 35.2 Å². The van der Waals surface area contributed by atoms with Crippen LogP contribution in [0.1, 0.15) is 194 Å². The van der Waals surface area contributed by atoms with E-state index in [1.807, 2.05) is 138 Å². The van der Waals surface area contributed by atoms with Gasteiger partial charge in [0.25, 0.3) is 0 Å².